The Labute approximate surface area is 385 Å². The number of benzene rings is 4. The Balaban J connectivity index is 1.17. The molecule has 8 rings (SSSR count). The van der Waals surface area contributed by atoms with E-state index in [1.165, 1.54) is 0 Å². The van der Waals surface area contributed by atoms with Crippen LogP contribution in [0.3, 0.4) is 0 Å². The topological polar surface area (TPSA) is 56.5 Å². The number of fused-ring (bicyclic) bond motifs is 1. The van der Waals surface area contributed by atoms with Gasteiger partial charge in [0.15, 0.2) is 17.5 Å². The fourth-order valence-electron chi connectivity index (χ4n) is 7.84. The van der Waals surface area contributed by atoms with Gasteiger partial charge in [-0.15, -0.1) is 28.6 Å². The first-order valence-corrected chi connectivity index (χ1v) is 22.7. The van der Waals surface area contributed by atoms with Crippen LogP contribution < -0.4 is 0 Å². The molecule has 0 saturated heterocycles. The van der Waals surface area contributed by atoms with Gasteiger partial charge >= 0.3 is 0 Å². The van der Waals surface area contributed by atoms with E-state index in [1.54, 1.807) is 22.7 Å². The Morgan fingerprint density at radius 1 is 0.641 bits per heavy atom. The first-order chi connectivity index (χ1) is 31.3. The van der Waals surface area contributed by atoms with Gasteiger partial charge in [0.1, 0.15) is 12.3 Å². The second kappa shape index (κ2) is 19.4. The van der Waals surface area contributed by atoms with E-state index in [0.29, 0.717) is 17.5 Å². The highest BCUT2D eigenvalue weighted by Gasteiger charge is 2.20. The first-order valence-electron chi connectivity index (χ1n) is 21.1. The van der Waals surface area contributed by atoms with E-state index in [9.17, 15) is 0 Å². The molecule has 0 unspecified atom stereocenters. The van der Waals surface area contributed by atoms with Crippen molar-refractivity contribution in [3.63, 3.8) is 0 Å². The summed E-state index contributed by atoms with van der Waals surface area (Å²) in [5.41, 5.74) is 14.0. The van der Waals surface area contributed by atoms with Crippen LogP contribution in [0.5, 0.6) is 0 Å². The summed E-state index contributed by atoms with van der Waals surface area (Å²) < 4.78 is 3.38. The standard InChI is InChI=1S/C56H47BN5S2/c1-9-21-49-44(11-3)37(7)48(30-28-36(6)43(10-2)52-46(13-5)45(12-4)50(63-52)32-33-57-8)62(49)42-27-20-26-41(34-42)56-58-47-35-40(29-31-51(47)64-56)55-60-53(38-22-16-14-17-23-38)59-54(61-55)39-24-18-15-19-25-39/h9-35H,3-6H2,1-2,7-8H3/b21-9-,30-28-,33-32-,43-10-. The third-order valence-corrected chi connectivity index (χ3v) is 13.3. The van der Waals surface area contributed by atoms with Crippen molar-refractivity contribution in [3.8, 4) is 50.4 Å². The minimum Gasteiger partial charge on any atom is -0.310 e. The zero-order valence-electron chi connectivity index (χ0n) is 36.5. The summed E-state index contributed by atoms with van der Waals surface area (Å²) in [4.78, 5) is 22.2. The largest absolute Gasteiger partial charge is 0.310 e. The highest BCUT2D eigenvalue weighted by molar-refractivity contribution is 7.21. The van der Waals surface area contributed by atoms with E-state index in [2.05, 4.69) is 130 Å². The lowest BCUT2D eigenvalue weighted by Crippen LogP contribution is -2.00. The smallest absolute Gasteiger partial charge is 0.164 e. The number of aromatic nitrogens is 5. The number of rotatable bonds is 15. The van der Waals surface area contributed by atoms with Crippen LogP contribution in [-0.2, 0) is 0 Å². The van der Waals surface area contributed by atoms with Crippen molar-refractivity contribution >= 4 is 82.2 Å². The van der Waals surface area contributed by atoms with Gasteiger partial charge < -0.3 is 4.57 Å². The molecule has 0 N–H and O–H groups in total. The molecule has 8 aromatic rings. The van der Waals surface area contributed by atoms with Crippen LogP contribution in [0, 0.1) is 6.92 Å². The Morgan fingerprint density at radius 3 is 1.89 bits per heavy atom. The van der Waals surface area contributed by atoms with Crippen molar-refractivity contribution < 1.29 is 0 Å². The van der Waals surface area contributed by atoms with Crippen molar-refractivity contribution in [1.29, 1.82) is 0 Å². The summed E-state index contributed by atoms with van der Waals surface area (Å²) >= 11 is 3.39. The number of thiophene rings is 1. The third kappa shape index (κ3) is 8.58. The normalized spacial score (nSPS) is 11.9. The number of nitrogens with zero attached hydrogens (tertiary/aromatic N) is 5. The summed E-state index contributed by atoms with van der Waals surface area (Å²) in [6.45, 7) is 25.4. The maximum absolute atomic E-state index is 5.20. The van der Waals surface area contributed by atoms with Gasteiger partial charge in [0.25, 0.3) is 0 Å². The van der Waals surface area contributed by atoms with Crippen LogP contribution in [0.4, 0.5) is 0 Å². The van der Waals surface area contributed by atoms with Crippen LogP contribution in [-0.4, -0.2) is 31.8 Å². The van der Waals surface area contributed by atoms with Crippen LogP contribution in [0.2, 0.25) is 6.82 Å². The summed E-state index contributed by atoms with van der Waals surface area (Å²) in [6.07, 6.45) is 18.5. The molecule has 1 radical (unpaired) electrons. The minimum absolute atomic E-state index is 0.596. The molecule has 0 aliphatic rings. The second-order valence-corrected chi connectivity index (χ2v) is 17.0. The molecule has 4 aromatic heterocycles. The average molecular weight is 865 g/mol. The van der Waals surface area contributed by atoms with E-state index in [1.807, 2.05) is 99.9 Å². The van der Waals surface area contributed by atoms with Gasteiger partial charge in [-0.2, -0.15) is 0 Å². The predicted octanol–water partition coefficient (Wildman–Crippen LogP) is 15.7. The second-order valence-electron chi connectivity index (χ2n) is 14.9. The quantitative estimate of drug-likeness (QED) is 0.0761. The first kappa shape index (κ1) is 43.4. The molecule has 0 bridgehead atoms. The zero-order chi connectivity index (χ0) is 44.7. The van der Waals surface area contributed by atoms with Crippen molar-refractivity contribution in [2.45, 2.75) is 27.6 Å². The molecule has 0 saturated carbocycles. The minimum atomic E-state index is 0.596. The molecule has 0 fully saturated rings. The van der Waals surface area contributed by atoms with E-state index in [0.717, 1.165) is 97.7 Å². The molecule has 0 aliphatic heterocycles. The van der Waals surface area contributed by atoms with Crippen LogP contribution in [0.15, 0.2) is 159 Å². The zero-order valence-corrected chi connectivity index (χ0v) is 38.2. The lowest BCUT2D eigenvalue weighted by atomic mass is 9.82. The Hall–Kier alpha value is -7.26. The molecule has 0 amide bonds. The van der Waals surface area contributed by atoms with Gasteiger partial charge in [0.05, 0.1) is 15.9 Å². The summed E-state index contributed by atoms with van der Waals surface area (Å²) in [6, 6.07) is 34.9. The van der Waals surface area contributed by atoms with Crippen molar-refractivity contribution in [3.05, 3.63) is 203 Å². The number of allylic oxidation sites excluding steroid dienone is 5. The summed E-state index contributed by atoms with van der Waals surface area (Å²) in [5, 5.41) is 0.919. The van der Waals surface area contributed by atoms with Crippen molar-refractivity contribution in [2.24, 2.45) is 0 Å². The van der Waals surface area contributed by atoms with Gasteiger partial charge in [-0.25, -0.2) is 19.9 Å². The lowest BCUT2D eigenvalue weighted by molar-refractivity contribution is 1.04. The monoisotopic (exact) mass is 864 g/mol. The predicted molar refractivity (Wildman–Crippen MR) is 281 cm³/mol. The van der Waals surface area contributed by atoms with Crippen LogP contribution in [0.25, 0.3) is 103 Å². The van der Waals surface area contributed by atoms with Crippen molar-refractivity contribution in [2.75, 3.05) is 0 Å². The Morgan fingerprint density at radius 2 is 1.28 bits per heavy atom. The summed E-state index contributed by atoms with van der Waals surface area (Å²) in [5.74, 6) is 3.90. The van der Waals surface area contributed by atoms with Crippen molar-refractivity contribution in [1.82, 2.24) is 24.5 Å². The molecule has 0 spiro atoms. The molecule has 5 nitrogen and oxygen atoms in total. The molecule has 8 heteroatoms. The number of thiazole rings is 1. The Kier molecular flexibility index (Phi) is 13.2. The SMILES string of the molecule is C=Cc1c(/C=C\[B]C)sc(/C(=C\C)C(=C)/C=C\c2c(C)c(C=C)c(/C=C\C)n2-c2cccc(-c3nc4cc(-c5nc(-c6ccccc6)nc(-c6ccccc6)n5)ccc4s3)c2)c1C=C. The number of hydrogen-bond donors (Lipinski definition) is 0. The van der Waals surface area contributed by atoms with Gasteiger partial charge in [-0.05, 0) is 85.5 Å². The molecule has 4 aromatic carbocycles. The molecular weight excluding hydrogens is 818 g/mol. The van der Waals surface area contributed by atoms with Gasteiger partial charge in [0.2, 0.25) is 0 Å². The molecule has 311 valence electrons. The molecular formula is C56H47BN5S2. The maximum atomic E-state index is 5.20. The van der Waals surface area contributed by atoms with Gasteiger partial charge in [-0.1, -0.05) is 148 Å². The molecule has 0 atom stereocenters. The van der Waals surface area contributed by atoms with Crippen LogP contribution in [0.1, 0.15) is 57.2 Å². The highest BCUT2D eigenvalue weighted by Crippen LogP contribution is 2.40. The molecule has 0 aliphatic carbocycles. The van der Waals surface area contributed by atoms with E-state index in [4.69, 9.17) is 19.9 Å². The maximum Gasteiger partial charge on any atom is 0.164 e. The molecule has 64 heavy (non-hydrogen) atoms. The fraction of sp³-hybridized carbons (Fsp3) is 0.0714. The lowest BCUT2D eigenvalue weighted by Gasteiger charge is -2.13. The van der Waals surface area contributed by atoms with Gasteiger partial charge in [0, 0.05) is 54.5 Å². The summed E-state index contributed by atoms with van der Waals surface area (Å²) in [7, 11) is 2.03. The van der Waals surface area contributed by atoms with Crippen LogP contribution >= 0.6 is 22.7 Å². The molecule has 4 heterocycles. The van der Waals surface area contributed by atoms with E-state index >= 15 is 0 Å². The fourth-order valence-corrected chi connectivity index (χ4v) is 10.1. The highest BCUT2D eigenvalue weighted by atomic mass is 32.1. The van der Waals surface area contributed by atoms with E-state index < -0.39 is 0 Å². The number of hydrogen-bond acceptors (Lipinski definition) is 6. The Bertz CT molecular complexity index is 3140. The third-order valence-electron chi connectivity index (χ3n) is 11.0. The average Bonchev–Trinajstić information content (AvgIpc) is 4.01. The van der Waals surface area contributed by atoms with Gasteiger partial charge in [-0.3, -0.25) is 0 Å². The van der Waals surface area contributed by atoms with E-state index in [-0.39, 0.29) is 0 Å².